The van der Waals surface area contributed by atoms with E-state index in [0.29, 0.717) is 30.2 Å². The van der Waals surface area contributed by atoms with Gasteiger partial charge in [-0.3, -0.25) is 9.59 Å². The largest absolute Gasteiger partial charge is 0.493 e. The summed E-state index contributed by atoms with van der Waals surface area (Å²) in [6.07, 6.45) is 2.14. The minimum Gasteiger partial charge on any atom is -0.493 e. The summed E-state index contributed by atoms with van der Waals surface area (Å²) in [7, 11) is 3.16. The van der Waals surface area contributed by atoms with E-state index in [1.54, 1.807) is 27.2 Å². The van der Waals surface area contributed by atoms with E-state index >= 15 is 0 Å². The van der Waals surface area contributed by atoms with Gasteiger partial charge in [-0.1, -0.05) is 6.07 Å². The molecule has 0 fully saturated rings. The van der Waals surface area contributed by atoms with Crippen molar-refractivity contribution in [2.45, 2.75) is 19.8 Å². The minimum absolute atomic E-state index is 0.0877. The second kappa shape index (κ2) is 10.0. The van der Waals surface area contributed by atoms with Crippen molar-refractivity contribution in [3.8, 4) is 11.5 Å². The summed E-state index contributed by atoms with van der Waals surface area (Å²) < 4.78 is 15.4. The fourth-order valence-electron chi connectivity index (χ4n) is 2.33. The molecule has 0 aliphatic carbocycles. The van der Waals surface area contributed by atoms with Crippen molar-refractivity contribution in [2.24, 2.45) is 5.10 Å². The van der Waals surface area contributed by atoms with Gasteiger partial charge in [-0.25, -0.2) is 5.43 Å². The number of ether oxygens (including phenoxy) is 2. The van der Waals surface area contributed by atoms with Gasteiger partial charge in [-0.05, 0) is 43.2 Å². The highest BCUT2D eigenvalue weighted by atomic mass is 16.5. The molecule has 0 unspecified atom stereocenters. The Kier molecular flexibility index (Phi) is 7.42. The van der Waals surface area contributed by atoms with E-state index in [1.165, 1.54) is 12.3 Å². The number of nitrogens with one attached hydrogen (secondary N) is 2. The van der Waals surface area contributed by atoms with Crippen LogP contribution in [-0.2, 0) is 11.2 Å². The molecule has 0 spiro atoms. The van der Waals surface area contributed by atoms with Crippen LogP contribution in [0.3, 0.4) is 0 Å². The van der Waals surface area contributed by atoms with E-state index in [1.807, 2.05) is 18.2 Å². The molecule has 0 atom stereocenters. The Morgan fingerprint density at radius 1 is 1.15 bits per heavy atom. The average Bonchev–Trinajstić information content (AvgIpc) is 3.20. The first-order valence-corrected chi connectivity index (χ1v) is 8.38. The Bertz CT molecular complexity index is 800. The summed E-state index contributed by atoms with van der Waals surface area (Å²) in [5.74, 6) is 0.827. The van der Waals surface area contributed by atoms with Crippen LogP contribution in [0.1, 0.15) is 29.5 Å². The zero-order valence-corrected chi connectivity index (χ0v) is 15.6. The lowest BCUT2D eigenvalue weighted by atomic mass is 10.1. The van der Waals surface area contributed by atoms with Crippen molar-refractivity contribution in [3.05, 3.63) is 47.9 Å². The van der Waals surface area contributed by atoms with Gasteiger partial charge in [0.05, 0.1) is 26.9 Å². The van der Waals surface area contributed by atoms with Crippen molar-refractivity contribution >= 4 is 17.5 Å². The maximum Gasteiger partial charge on any atom is 0.307 e. The molecule has 0 saturated heterocycles. The van der Waals surface area contributed by atoms with Crippen LogP contribution < -0.4 is 20.2 Å². The van der Waals surface area contributed by atoms with Crippen LogP contribution in [0.5, 0.6) is 11.5 Å². The lowest BCUT2D eigenvalue weighted by molar-refractivity contribution is -0.119. The summed E-state index contributed by atoms with van der Waals surface area (Å²) in [5.41, 5.74) is 3.85. The molecule has 8 nitrogen and oxygen atoms in total. The van der Waals surface area contributed by atoms with E-state index < -0.39 is 5.91 Å². The van der Waals surface area contributed by atoms with Gasteiger partial charge >= 0.3 is 5.91 Å². The molecule has 8 heteroatoms. The molecular formula is C19H23N3O5. The predicted molar refractivity (Wildman–Crippen MR) is 100 cm³/mol. The third-order valence-electron chi connectivity index (χ3n) is 3.69. The molecule has 2 aromatic rings. The maximum absolute atomic E-state index is 12.0. The van der Waals surface area contributed by atoms with E-state index in [-0.39, 0.29) is 18.1 Å². The van der Waals surface area contributed by atoms with Crippen molar-refractivity contribution < 1.29 is 23.5 Å². The van der Waals surface area contributed by atoms with Crippen LogP contribution in [0.15, 0.2) is 46.1 Å². The first-order chi connectivity index (χ1) is 13.0. The number of hydrogen-bond acceptors (Lipinski definition) is 6. The second-order valence-corrected chi connectivity index (χ2v) is 5.73. The smallest absolute Gasteiger partial charge is 0.307 e. The Labute approximate surface area is 157 Å². The molecule has 2 amide bonds. The molecule has 0 radical (unpaired) electrons. The number of methoxy groups -OCH3 is 2. The van der Waals surface area contributed by atoms with Crippen molar-refractivity contribution in [1.82, 2.24) is 10.7 Å². The monoisotopic (exact) mass is 373 g/mol. The Morgan fingerprint density at radius 2 is 1.93 bits per heavy atom. The molecule has 0 saturated carbocycles. The number of amides is 2. The zero-order valence-electron chi connectivity index (χ0n) is 15.6. The van der Waals surface area contributed by atoms with Gasteiger partial charge in [0, 0.05) is 12.3 Å². The average molecular weight is 373 g/mol. The highest BCUT2D eigenvalue weighted by molar-refractivity contribution is 6.00. The molecule has 27 heavy (non-hydrogen) atoms. The van der Waals surface area contributed by atoms with Crippen LogP contribution >= 0.6 is 0 Å². The molecule has 2 rings (SSSR count). The third kappa shape index (κ3) is 6.18. The Balaban J connectivity index is 1.75. The first kappa shape index (κ1) is 20.0. The fourth-order valence-corrected chi connectivity index (χ4v) is 2.33. The number of hydrogen-bond donors (Lipinski definition) is 2. The van der Waals surface area contributed by atoms with Crippen LogP contribution in [0.25, 0.3) is 0 Å². The summed E-state index contributed by atoms with van der Waals surface area (Å²) in [4.78, 5) is 23.7. The third-order valence-corrected chi connectivity index (χ3v) is 3.69. The first-order valence-electron chi connectivity index (χ1n) is 8.38. The second-order valence-electron chi connectivity index (χ2n) is 5.73. The maximum atomic E-state index is 12.0. The number of carbonyl (C=O) groups excluding carboxylic acids is 2. The van der Waals surface area contributed by atoms with Crippen LogP contribution in [0.4, 0.5) is 0 Å². The topological polar surface area (TPSA) is 102 Å². The molecular weight excluding hydrogens is 350 g/mol. The predicted octanol–water partition coefficient (Wildman–Crippen LogP) is 2.15. The molecule has 1 aromatic heterocycles. The van der Waals surface area contributed by atoms with Crippen molar-refractivity contribution in [1.29, 1.82) is 0 Å². The summed E-state index contributed by atoms with van der Waals surface area (Å²) in [6, 6.07) is 8.76. The number of rotatable bonds is 9. The van der Waals surface area contributed by atoms with E-state index in [0.717, 1.165) is 5.56 Å². The van der Waals surface area contributed by atoms with Crippen LogP contribution in [-0.4, -0.2) is 38.3 Å². The van der Waals surface area contributed by atoms with Crippen LogP contribution in [0.2, 0.25) is 0 Å². The number of carbonyl (C=O) groups is 2. The lowest BCUT2D eigenvalue weighted by Crippen LogP contribution is -2.28. The molecule has 0 aliphatic heterocycles. The number of hydrazone groups is 1. The Morgan fingerprint density at radius 3 is 2.59 bits per heavy atom. The van der Waals surface area contributed by atoms with E-state index in [4.69, 9.17) is 13.9 Å². The lowest BCUT2D eigenvalue weighted by Gasteiger charge is -2.10. The quantitative estimate of drug-likeness (QED) is 0.518. The zero-order chi connectivity index (χ0) is 19.6. The molecule has 2 N–H and O–H groups in total. The van der Waals surface area contributed by atoms with Gasteiger partial charge in [-0.2, -0.15) is 5.10 Å². The number of furan rings is 1. The van der Waals surface area contributed by atoms with Gasteiger partial charge in [-0.15, -0.1) is 0 Å². The molecule has 0 bridgehead atoms. The number of nitrogens with zero attached hydrogens (tertiary/aromatic N) is 1. The van der Waals surface area contributed by atoms with Gasteiger partial charge < -0.3 is 19.2 Å². The van der Waals surface area contributed by atoms with E-state index in [2.05, 4.69) is 15.8 Å². The molecule has 1 aromatic carbocycles. The highest BCUT2D eigenvalue weighted by Gasteiger charge is 2.09. The highest BCUT2D eigenvalue weighted by Crippen LogP contribution is 2.27. The summed E-state index contributed by atoms with van der Waals surface area (Å²) >= 11 is 0. The van der Waals surface area contributed by atoms with Crippen molar-refractivity contribution in [2.75, 3.05) is 20.8 Å². The normalized spacial score (nSPS) is 11.0. The van der Waals surface area contributed by atoms with Gasteiger partial charge in [0.25, 0.3) is 0 Å². The number of benzene rings is 1. The SMILES string of the molecule is COc1ccc(CCNC(=O)C/C(C)=N/NC(=O)c2ccco2)cc1OC. The molecule has 144 valence electrons. The van der Waals surface area contributed by atoms with Crippen LogP contribution in [0, 0.1) is 0 Å². The summed E-state index contributed by atoms with van der Waals surface area (Å²) in [5, 5.41) is 6.71. The summed E-state index contributed by atoms with van der Waals surface area (Å²) in [6.45, 7) is 2.14. The van der Waals surface area contributed by atoms with Gasteiger partial charge in [0.2, 0.25) is 5.91 Å². The van der Waals surface area contributed by atoms with Gasteiger partial charge in [0.15, 0.2) is 17.3 Å². The fraction of sp³-hybridized carbons (Fsp3) is 0.316. The Hall–Kier alpha value is -3.29. The van der Waals surface area contributed by atoms with E-state index in [9.17, 15) is 9.59 Å². The minimum atomic E-state index is -0.465. The molecule has 1 heterocycles. The molecule has 0 aliphatic rings. The standard InChI is InChI=1S/C19H23N3O5/c1-13(21-22-19(24)16-5-4-10-27-16)11-18(23)20-9-8-14-6-7-15(25-2)17(12-14)26-3/h4-7,10,12H,8-9,11H2,1-3H3,(H,20,23)(H,22,24)/b21-13+. The van der Waals surface area contributed by atoms with Crippen molar-refractivity contribution in [3.63, 3.8) is 0 Å². The van der Waals surface area contributed by atoms with Gasteiger partial charge in [0.1, 0.15) is 0 Å².